The van der Waals surface area contributed by atoms with E-state index in [9.17, 15) is 4.79 Å². The third-order valence-corrected chi connectivity index (χ3v) is 3.78. The SMILES string of the molecule is Cc1cc(C)c(NC(=O)Nc2ccccc2Br)c(Cl)c1. The average molecular weight is 354 g/mol. The van der Waals surface area contributed by atoms with Gasteiger partial charge in [-0.1, -0.05) is 29.8 Å². The van der Waals surface area contributed by atoms with Crippen molar-refractivity contribution in [3.8, 4) is 0 Å². The number of carbonyl (C=O) groups is 1. The quantitative estimate of drug-likeness (QED) is 0.749. The van der Waals surface area contributed by atoms with Crippen LogP contribution in [0.4, 0.5) is 16.2 Å². The fourth-order valence-corrected chi connectivity index (χ4v) is 2.66. The minimum atomic E-state index is -0.328. The number of para-hydroxylation sites is 1. The van der Waals surface area contributed by atoms with Crippen LogP contribution >= 0.6 is 27.5 Å². The summed E-state index contributed by atoms with van der Waals surface area (Å²) in [4.78, 5) is 12.0. The molecule has 0 aromatic heterocycles. The highest BCUT2D eigenvalue weighted by molar-refractivity contribution is 9.10. The van der Waals surface area contributed by atoms with E-state index in [2.05, 4.69) is 26.6 Å². The number of rotatable bonds is 2. The van der Waals surface area contributed by atoms with Gasteiger partial charge < -0.3 is 10.6 Å². The van der Waals surface area contributed by atoms with E-state index in [4.69, 9.17) is 11.6 Å². The van der Waals surface area contributed by atoms with Gasteiger partial charge in [0.2, 0.25) is 0 Å². The number of benzene rings is 2. The van der Waals surface area contributed by atoms with Crippen LogP contribution in [0.5, 0.6) is 0 Å². The van der Waals surface area contributed by atoms with Gasteiger partial charge in [0.25, 0.3) is 0 Å². The lowest BCUT2D eigenvalue weighted by Gasteiger charge is -2.13. The molecular weight excluding hydrogens is 340 g/mol. The van der Waals surface area contributed by atoms with Crippen LogP contribution in [-0.2, 0) is 0 Å². The summed E-state index contributed by atoms with van der Waals surface area (Å²) in [6.07, 6.45) is 0. The van der Waals surface area contributed by atoms with Crippen LogP contribution < -0.4 is 10.6 Å². The molecule has 0 aliphatic carbocycles. The minimum absolute atomic E-state index is 0.328. The zero-order chi connectivity index (χ0) is 14.7. The van der Waals surface area contributed by atoms with Crippen molar-refractivity contribution in [3.05, 3.63) is 57.0 Å². The summed E-state index contributed by atoms with van der Waals surface area (Å²) >= 11 is 9.54. The molecule has 0 bridgehead atoms. The molecule has 2 N–H and O–H groups in total. The molecule has 0 radical (unpaired) electrons. The maximum atomic E-state index is 12.0. The second kappa shape index (κ2) is 6.29. The Kier molecular flexibility index (Phi) is 4.68. The summed E-state index contributed by atoms with van der Waals surface area (Å²) in [6.45, 7) is 3.87. The summed E-state index contributed by atoms with van der Waals surface area (Å²) in [5, 5.41) is 6.08. The van der Waals surface area contributed by atoms with Gasteiger partial charge in [0, 0.05) is 4.47 Å². The molecule has 0 fully saturated rings. The standard InChI is InChI=1S/C15H14BrClN2O/c1-9-7-10(2)14(12(17)8-9)19-15(20)18-13-6-4-3-5-11(13)16/h3-8H,1-2H3,(H2,18,19,20). The van der Waals surface area contributed by atoms with Gasteiger partial charge in [-0.3, -0.25) is 0 Å². The monoisotopic (exact) mass is 352 g/mol. The molecule has 2 aromatic rings. The Morgan fingerprint density at radius 2 is 1.85 bits per heavy atom. The number of aryl methyl sites for hydroxylation is 2. The maximum Gasteiger partial charge on any atom is 0.323 e. The normalized spacial score (nSPS) is 10.2. The average Bonchev–Trinajstić information content (AvgIpc) is 2.36. The molecule has 0 saturated heterocycles. The number of anilines is 2. The van der Waals surface area contributed by atoms with E-state index < -0.39 is 0 Å². The van der Waals surface area contributed by atoms with E-state index in [1.54, 1.807) is 0 Å². The van der Waals surface area contributed by atoms with Crippen molar-refractivity contribution in [1.29, 1.82) is 0 Å². The smallest absolute Gasteiger partial charge is 0.307 e. The lowest BCUT2D eigenvalue weighted by Crippen LogP contribution is -2.20. The van der Waals surface area contributed by atoms with Crippen LogP contribution in [0, 0.1) is 13.8 Å². The summed E-state index contributed by atoms with van der Waals surface area (Å²) in [6, 6.07) is 10.9. The molecular formula is C15H14BrClN2O. The van der Waals surface area contributed by atoms with Crippen molar-refractivity contribution >= 4 is 44.9 Å². The van der Waals surface area contributed by atoms with Gasteiger partial charge in [-0.05, 0) is 59.1 Å². The minimum Gasteiger partial charge on any atom is -0.307 e. The van der Waals surface area contributed by atoms with Crippen LogP contribution in [-0.4, -0.2) is 6.03 Å². The number of hydrogen-bond acceptors (Lipinski definition) is 1. The van der Waals surface area contributed by atoms with Gasteiger partial charge in [0.15, 0.2) is 0 Å². The first-order valence-corrected chi connectivity index (χ1v) is 7.24. The number of amides is 2. The number of nitrogens with one attached hydrogen (secondary N) is 2. The van der Waals surface area contributed by atoms with Gasteiger partial charge in [0.1, 0.15) is 0 Å². The fourth-order valence-electron chi connectivity index (χ4n) is 1.90. The van der Waals surface area contributed by atoms with E-state index in [1.807, 2.05) is 50.2 Å². The van der Waals surface area contributed by atoms with E-state index in [0.29, 0.717) is 16.4 Å². The molecule has 0 saturated carbocycles. The van der Waals surface area contributed by atoms with Crippen LogP contribution in [0.2, 0.25) is 5.02 Å². The molecule has 0 unspecified atom stereocenters. The molecule has 0 heterocycles. The van der Waals surface area contributed by atoms with Crippen molar-refractivity contribution in [1.82, 2.24) is 0 Å². The van der Waals surface area contributed by atoms with Gasteiger partial charge in [0.05, 0.1) is 16.4 Å². The lowest BCUT2D eigenvalue weighted by atomic mass is 10.1. The molecule has 20 heavy (non-hydrogen) atoms. The predicted molar refractivity (Wildman–Crippen MR) is 87.7 cm³/mol. The summed E-state index contributed by atoms with van der Waals surface area (Å²) < 4.78 is 0.821. The predicted octanol–water partition coefficient (Wildman–Crippen LogP) is 5.36. The topological polar surface area (TPSA) is 41.1 Å². The van der Waals surface area contributed by atoms with E-state index >= 15 is 0 Å². The Labute approximate surface area is 131 Å². The Balaban J connectivity index is 2.15. The highest BCUT2D eigenvalue weighted by Gasteiger charge is 2.10. The molecule has 104 valence electrons. The summed E-state index contributed by atoms with van der Waals surface area (Å²) in [7, 11) is 0. The highest BCUT2D eigenvalue weighted by atomic mass is 79.9. The van der Waals surface area contributed by atoms with Gasteiger partial charge in [-0.15, -0.1) is 0 Å². The molecule has 2 rings (SSSR count). The summed E-state index contributed by atoms with van der Waals surface area (Å²) in [5.41, 5.74) is 3.31. The van der Waals surface area contributed by atoms with Gasteiger partial charge in [-0.2, -0.15) is 0 Å². The van der Waals surface area contributed by atoms with Crippen molar-refractivity contribution < 1.29 is 4.79 Å². The first kappa shape index (κ1) is 14.9. The molecule has 0 atom stereocenters. The van der Waals surface area contributed by atoms with Crippen molar-refractivity contribution in [3.63, 3.8) is 0 Å². The van der Waals surface area contributed by atoms with Crippen LogP contribution in [0.15, 0.2) is 40.9 Å². The summed E-state index contributed by atoms with van der Waals surface area (Å²) in [5.74, 6) is 0. The fraction of sp³-hybridized carbons (Fsp3) is 0.133. The molecule has 3 nitrogen and oxygen atoms in total. The number of urea groups is 1. The zero-order valence-electron chi connectivity index (χ0n) is 11.1. The van der Waals surface area contributed by atoms with Crippen LogP contribution in [0.1, 0.15) is 11.1 Å². The zero-order valence-corrected chi connectivity index (χ0v) is 13.5. The van der Waals surface area contributed by atoms with Gasteiger partial charge >= 0.3 is 6.03 Å². The number of carbonyl (C=O) groups excluding carboxylic acids is 1. The largest absolute Gasteiger partial charge is 0.323 e. The Hall–Kier alpha value is -1.52. The second-order valence-electron chi connectivity index (χ2n) is 4.50. The van der Waals surface area contributed by atoms with E-state index in [-0.39, 0.29) is 6.03 Å². The first-order chi connectivity index (χ1) is 9.47. The Morgan fingerprint density at radius 1 is 1.15 bits per heavy atom. The molecule has 0 spiro atoms. The molecule has 2 aromatic carbocycles. The first-order valence-electron chi connectivity index (χ1n) is 6.06. The Bertz CT molecular complexity index is 635. The van der Waals surface area contributed by atoms with E-state index in [1.165, 1.54) is 0 Å². The highest BCUT2D eigenvalue weighted by Crippen LogP contribution is 2.28. The van der Waals surface area contributed by atoms with Crippen molar-refractivity contribution in [2.75, 3.05) is 10.6 Å². The van der Waals surface area contributed by atoms with Crippen LogP contribution in [0.3, 0.4) is 0 Å². The third kappa shape index (κ3) is 3.52. The molecule has 0 aliphatic heterocycles. The molecule has 2 amide bonds. The number of hydrogen-bond donors (Lipinski definition) is 2. The second-order valence-corrected chi connectivity index (χ2v) is 5.76. The third-order valence-electron chi connectivity index (χ3n) is 2.79. The number of halogens is 2. The van der Waals surface area contributed by atoms with Crippen molar-refractivity contribution in [2.24, 2.45) is 0 Å². The van der Waals surface area contributed by atoms with E-state index in [0.717, 1.165) is 15.6 Å². The van der Waals surface area contributed by atoms with Crippen LogP contribution in [0.25, 0.3) is 0 Å². The molecule has 5 heteroatoms. The molecule has 0 aliphatic rings. The maximum absolute atomic E-state index is 12.0. The van der Waals surface area contributed by atoms with Crippen molar-refractivity contribution in [2.45, 2.75) is 13.8 Å². The Morgan fingerprint density at radius 3 is 2.50 bits per heavy atom. The van der Waals surface area contributed by atoms with Gasteiger partial charge in [-0.25, -0.2) is 4.79 Å². The lowest BCUT2D eigenvalue weighted by molar-refractivity contribution is 0.262.